The van der Waals surface area contributed by atoms with E-state index in [4.69, 9.17) is 10.00 Å². The SMILES string of the molecule is N#Cc1ccc(Oc2ncccc2CBr)cc1. The van der Waals surface area contributed by atoms with E-state index in [9.17, 15) is 0 Å². The maximum atomic E-state index is 8.69. The second-order valence-corrected chi connectivity index (χ2v) is 3.90. The number of hydrogen-bond acceptors (Lipinski definition) is 3. The van der Waals surface area contributed by atoms with Gasteiger partial charge in [-0.1, -0.05) is 22.0 Å². The van der Waals surface area contributed by atoms with E-state index < -0.39 is 0 Å². The molecule has 0 aliphatic heterocycles. The number of hydrogen-bond donors (Lipinski definition) is 0. The number of ether oxygens (including phenoxy) is 1. The summed E-state index contributed by atoms with van der Waals surface area (Å²) >= 11 is 3.38. The minimum Gasteiger partial charge on any atom is -0.439 e. The van der Waals surface area contributed by atoms with E-state index in [1.165, 1.54) is 0 Å². The number of aromatic nitrogens is 1. The first-order valence-corrected chi connectivity index (χ1v) is 6.13. The van der Waals surface area contributed by atoms with Gasteiger partial charge < -0.3 is 4.74 Å². The summed E-state index contributed by atoms with van der Waals surface area (Å²) in [5.41, 5.74) is 1.59. The molecule has 3 nitrogen and oxygen atoms in total. The lowest BCUT2D eigenvalue weighted by Gasteiger charge is -2.07. The molecule has 2 aromatic rings. The summed E-state index contributed by atoms with van der Waals surface area (Å²) in [4.78, 5) is 4.17. The lowest BCUT2D eigenvalue weighted by molar-refractivity contribution is 0.458. The van der Waals surface area contributed by atoms with Crippen molar-refractivity contribution in [3.63, 3.8) is 0 Å². The van der Waals surface area contributed by atoms with Gasteiger partial charge in [0.2, 0.25) is 5.88 Å². The van der Waals surface area contributed by atoms with Gasteiger partial charge in [-0.15, -0.1) is 0 Å². The zero-order chi connectivity index (χ0) is 12.1. The molecule has 0 bridgehead atoms. The van der Waals surface area contributed by atoms with Crippen molar-refractivity contribution in [2.75, 3.05) is 0 Å². The summed E-state index contributed by atoms with van der Waals surface area (Å²) in [5.74, 6) is 1.25. The Morgan fingerprint density at radius 3 is 2.65 bits per heavy atom. The third-order valence-corrected chi connectivity index (χ3v) is 2.80. The topological polar surface area (TPSA) is 45.9 Å². The molecule has 1 heterocycles. The third kappa shape index (κ3) is 2.83. The second-order valence-electron chi connectivity index (χ2n) is 3.34. The van der Waals surface area contributed by atoms with Crippen LogP contribution < -0.4 is 4.74 Å². The van der Waals surface area contributed by atoms with E-state index in [-0.39, 0.29) is 0 Å². The van der Waals surface area contributed by atoms with E-state index in [0.717, 1.165) is 5.56 Å². The van der Waals surface area contributed by atoms with E-state index in [2.05, 4.69) is 27.0 Å². The van der Waals surface area contributed by atoms with Crippen LogP contribution in [0.15, 0.2) is 42.6 Å². The Morgan fingerprint density at radius 1 is 1.24 bits per heavy atom. The number of rotatable bonds is 3. The molecule has 0 aliphatic carbocycles. The molecule has 0 saturated carbocycles. The number of benzene rings is 1. The molecule has 17 heavy (non-hydrogen) atoms. The van der Waals surface area contributed by atoms with Gasteiger partial charge in [0.1, 0.15) is 5.75 Å². The van der Waals surface area contributed by atoms with Crippen LogP contribution in [-0.4, -0.2) is 4.98 Å². The average molecular weight is 289 g/mol. The summed E-state index contributed by atoms with van der Waals surface area (Å²) in [6.07, 6.45) is 1.69. The molecule has 0 saturated heterocycles. The standard InChI is InChI=1S/C13H9BrN2O/c14-8-11-2-1-7-16-13(11)17-12-5-3-10(9-15)4-6-12/h1-7H,8H2. The molecule has 0 N–H and O–H groups in total. The molecule has 0 unspecified atom stereocenters. The summed E-state index contributed by atoms with van der Waals surface area (Å²) in [6, 6.07) is 12.8. The molecule has 1 aromatic carbocycles. The molecule has 0 spiro atoms. The molecule has 2 rings (SSSR count). The number of halogens is 1. The number of alkyl halides is 1. The maximum absolute atomic E-state index is 8.69. The Labute approximate surface area is 108 Å². The van der Waals surface area contributed by atoms with Gasteiger partial charge >= 0.3 is 0 Å². The van der Waals surface area contributed by atoms with Crippen LogP contribution in [-0.2, 0) is 5.33 Å². The molecule has 0 aliphatic rings. The van der Waals surface area contributed by atoms with Crippen LogP contribution in [0.2, 0.25) is 0 Å². The highest BCUT2D eigenvalue weighted by Crippen LogP contribution is 2.24. The van der Waals surface area contributed by atoms with Crippen LogP contribution in [0.4, 0.5) is 0 Å². The van der Waals surface area contributed by atoms with Gasteiger partial charge in [0.15, 0.2) is 0 Å². The molecule has 1 aromatic heterocycles. The van der Waals surface area contributed by atoms with Crippen molar-refractivity contribution in [1.29, 1.82) is 5.26 Å². The fourth-order valence-electron chi connectivity index (χ4n) is 1.33. The first kappa shape index (κ1) is 11.6. The summed E-state index contributed by atoms with van der Waals surface area (Å²) in [7, 11) is 0. The van der Waals surface area contributed by atoms with Crippen LogP contribution in [0.3, 0.4) is 0 Å². The summed E-state index contributed by atoms with van der Waals surface area (Å²) in [5, 5.41) is 9.38. The normalized spacial score (nSPS) is 9.65. The predicted octanol–water partition coefficient (Wildman–Crippen LogP) is 3.64. The fourth-order valence-corrected chi connectivity index (χ4v) is 1.75. The quantitative estimate of drug-likeness (QED) is 0.810. The molecule has 4 heteroatoms. The van der Waals surface area contributed by atoms with Crippen LogP contribution >= 0.6 is 15.9 Å². The number of pyridine rings is 1. The molecular formula is C13H9BrN2O. The molecular weight excluding hydrogens is 280 g/mol. The van der Waals surface area contributed by atoms with Crippen LogP contribution in [0.1, 0.15) is 11.1 Å². The minimum absolute atomic E-state index is 0.578. The zero-order valence-corrected chi connectivity index (χ0v) is 10.5. The van der Waals surface area contributed by atoms with Gasteiger partial charge in [-0.05, 0) is 30.3 Å². The van der Waals surface area contributed by atoms with Crippen LogP contribution in [0.25, 0.3) is 0 Å². The van der Waals surface area contributed by atoms with Crippen molar-refractivity contribution in [1.82, 2.24) is 4.98 Å². The minimum atomic E-state index is 0.578. The number of nitrogens with zero attached hydrogens (tertiary/aromatic N) is 2. The Balaban J connectivity index is 2.22. The molecule has 0 amide bonds. The second kappa shape index (κ2) is 5.46. The lowest BCUT2D eigenvalue weighted by Crippen LogP contribution is -1.92. The molecule has 0 fully saturated rings. The molecule has 0 radical (unpaired) electrons. The van der Waals surface area contributed by atoms with E-state index in [1.807, 2.05) is 12.1 Å². The van der Waals surface area contributed by atoms with Gasteiger partial charge in [-0.3, -0.25) is 0 Å². The lowest BCUT2D eigenvalue weighted by atomic mass is 10.2. The largest absolute Gasteiger partial charge is 0.439 e. The molecule has 0 atom stereocenters. The van der Waals surface area contributed by atoms with Crippen molar-refractivity contribution in [3.05, 3.63) is 53.7 Å². The van der Waals surface area contributed by atoms with Gasteiger partial charge in [0.25, 0.3) is 0 Å². The van der Waals surface area contributed by atoms with Crippen molar-refractivity contribution < 1.29 is 4.74 Å². The summed E-state index contributed by atoms with van der Waals surface area (Å²) in [6.45, 7) is 0. The van der Waals surface area contributed by atoms with Crippen molar-refractivity contribution in [2.24, 2.45) is 0 Å². The van der Waals surface area contributed by atoms with Gasteiger partial charge in [0.05, 0.1) is 11.6 Å². The Kier molecular flexibility index (Phi) is 3.73. The Hall–Kier alpha value is -1.86. The highest BCUT2D eigenvalue weighted by atomic mass is 79.9. The van der Waals surface area contributed by atoms with E-state index >= 15 is 0 Å². The Morgan fingerprint density at radius 2 is 2.00 bits per heavy atom. The average Bonchev–Trinajstić information content (AvgIpc) is 2.40. The smallest absolute Gasteiger partial charge is 0.223 e. The van der Waals surface area contributed by atoms with E-state index in [0.29, 0.717) is 22.5 Å². The highest BCUT2D eigenvalue weighted by molar-refractivity contribution is 9.08. The number of nitriles is 1. The van der Waals surface area contributed by atoms with Gasteiger partial charge in [0, 0.05) is 17.1 Å². The van der Waals surface area contributed by atoms with Gasteiger partial charge in [-0.25, -0.2) is 4.98 Å². The van der Waals surface area contributed by atoms with Crippen molar-refractivity contribution in [3.8, 4) is 17.7 Å². The van der Waals surface area contributed by atoms with Crippen LogP contribution in [0.5, 0.6) is 11.6 Å². The Bertz CT molecular complexity index is 546. The van der Waals surface area contributed by atoms with Crippen molar-refractivity contribution in [2.45, 2.75) is 5.33 Å². The predicted molar refractivity (Wildman–Crippen MR) is 68.1 cm³/mol. The zero-order valence-electron chi connectivity index (χ0n) is 8.93. The van der Waals surface area contributed by atoms with Crippen molar-refractivity contribution >= 4 is 15.9 Å². The van der Waals surface area contributed by atoms with Crippen LogP contribution in [0, 0.1) is 11.3 Å². The van der Waals surface area contributed by atoms with Gasteiger partial charge in [-0.2, -0.15) is 5.26 Å². The fraction of sp³-hybridized carbons (Fsp3) is 0.0769. The first-order valence-electron chi connectivity index (χ1n) is 5.01. The molecule has 84 valence electrons. The van der Waals surface area contributed by atoms with E-state index in [1.54, 1.807) is 30.5 Å². The summed E-state index contributed by atoms with van der Waals surface area (Å²) < 4.78 is 5.65. The first-order chi connectivity index (χ1) is 8.33. The highest BCUT2D eigenvalue weighted by Gasteiger charge is 2.04. The third-order valence-electron chi connectivity index (χ3n) is 2.19. The monoisotopic (exact) mass is 288 g/mol. The maximum Gasteiger partial charge on any atom is 0.223 e.